The Morgan fingerprint density at radius 1 is 0.853 bits per heavy atom. The summed E-state index contributed by atoms with van der Waals surface area (Å²) in [7, 11) is 0. The van der Waals surface area contributed by atoms with Crippen molar-refractivity contribution in [1.29, 1.82) is 5.26 Å². The van der Waals surface area contributed by atoms with Crippen molar-refractivity contribution in [3.63, 3.8) is 0 Å². The van der Waals surface area contributed by atoms with Crippen molar-refractivity contribution in [2.24, 2.45) is 0 Å². The van der Waals surface area contributed by atoms with Crippen LogP contribution in [0.1, 0.15) is 22.3 Å². The Hall–Kier alpha value is -2.43. The molecule has 1 saturated heterocycles. The minimum absolute atomic E-state index is 0.644. The molecular weight excluding hydrogens is 482 g/mol. The van der Waals surface area contributed by atoms with Crippen molar-refractivity contribution in [2.75, 3.05) is 26.2 Å². The first kappa shape index (κ1) is 26.2. The molecule has 1 aliphatic heterocycles. The van der Waals surface area contributed by atoms with Gasteiger partial charge in [-0.05, 0) is 74.7 Å². The zero-order chi connectivity index (χ0) is 24.5. The smallest absolute Gasteiger partial charge is 0.209 e. The summed E-state index contributed by atoms with van der Waals surface area (Å²) in [5.74, 6) is 0. The lowest BCUT2D eigenvalue weighted by molar-refractivity contribution is -0.119. The van der Waals surface area contributed by atoms with Crippen molar-refractivity contribution >= 4 is 41.7 Å². The minimum atomic E-state index is 0.644. The van der Waals surface area contributed by atoms with Gasteiger partial charge in [0.15, 0.2) is 0 Å². The number of rotatable bonds is 5. The van der Waals surface area contributed by atoms with Gasteiger partial charge in [0.25, 0.3) is 0 Å². The van der Waals surface area contributed by atoms with Crippen molar-refractivity contribution in [3.8, 4) is 6.07 Å². The zero-order valence-electron chi connectivity index (χ0n) is 19.6. The molecule has 0 N–H and O–H groups in total. The highest BCUT2D eigenvalue weighted by Gasteiger charge is 2.18. The first-order valence-electron chi connectivity index (χ1n) is 11.0. The number of carbonyl (C=O) groups is 1. The molecule has 3 aromatic rings. The maximum atomic E-state index is 10.9. The van der Waals surface area contributed by atoms with E-state index in [1.54, 1.807) is 28.6 Å². The monoisotopic (exact) mass is 509 g/mol. The summed E-state index contributed by atoms with van der Waals surface area (Å²) in [4.78, 5) is 15.9. The fourth-order valence-electron chi connectivity index (χ4n) is 3.30. The van der Waals surface area contributed by atoms with Crippen LogP contribution >= 0.6 is 35.3 Å². The Balaban J connectivity index is 0.000000343. The van der Waals surface area contributed by atoms with Gasteiger partial charge in [-0.25, -0.2) is 4.31 Å². The Bertz CT molecular complexity index is 1110. The van der Waals surface area contributed by atoms with Gasteiger partial charge in [0.2, 0.25) is 6.41 Å². The van der Waals surface area contributed by atoms with Gasteiger partial charge in [-0.2, -0.15) is 5.26 Å². The van der Waals surface area contributed by atoms with Gasteiger partial charge in [0.05, 0.1) is 11.6 Å². The van der Waals surface area contributed by atoms with E-state index >= 15 is 0 Å². The van der Waals surface area contributed by atoms with Gasteiger partial charge in [-0.1, -0.05) is 58.8 Å². The third-order valence-electron chi connectivity index (χ3n) is 5.18. The highest BCUT2D eigenvalue weighted by Crippen LogP contribution is 2.38. The topological polar surface area (TPSA) is 47.3 Å². The van der Waals surface area contributed by atoms with E-state index in [0.29, 0.717) is 5.56 Å². The molecule has 34 heavy (non-hydrogen) atoms. The predicted molar refractivity (Wildman–Crippen MR) is 142 cm³/mol. The van der Waals surface area contributed by atoms with E-state index in [-0.39, 0.29) is 0 Å². The van der Waals surface area contributed by atoms with Crippen LogP contribution in [0.4, 0.5) is 0 Å². The number of benzene rings is 3. The summed E-state index contributed by atoms with van der Waals surface area (Å²) in [6.07, 6.45) is 0.904. The number of nitriles is 1. The number of amides is 1. The highest BCUT2D eigenvalue weighted by atomic mass is 35.5. The summed E-state index contributed by atoms with van der Waals surface area (Å²) >= 11 is 9.48. The van der Waals surface area contributed by atoms with Crippen LogP contribution in [-0.4, -0.2) is 41.8 Å². The number of aryl methyl sites for hydroxylation is 3. The Morgan fingerprint density at radius 2 is 1.50 bits per heavy atom. The average molecular weight is 510 g/mol. The number of hydrogen-bond donors (Lipinski definition) is 0. The molecule has 1 fully saturated rings. The van der Waals surface area contributed by atoms with Crippen molar-refractivity contribution < 1.29 is 4.79 Å². The quantitative estimate of drug-likeness (QED) is 0.281. The summed E-state index contributed by atoms with van der Waals surface area (Å²) in [6, 6.07) is 22.4. The van der Waals surface area contributed by atoms with Gasteiger partial charge < -0.3 is 4.90 Å². The molecule has 0 aliphatic carbocycles. The standard InChI is InChI=1S/C19H18ClN3OS2.C8H10/c1-14-8-16(20)11-17(9-14)25-18-3-2-15(12-21)10-19(18)26-23-6-4-22(13-24)5-7-23;1-7-3-5-8(2)6-4-7/h2-3,8-11,13H,4-7H2,1H3;3-6H,1-2H3. The largest absolute Gasteiger partial charge is 0.343 e. The molecule has 0 atom stereocenters. The van der Waals surface area contributed by atoms with E-state index in [1.165, 1.54) is 11.1 Å². The second-order valence-electron chi connectivity index (χ2n) is 8.16. The summed E-state index contributed by atoms with van der Waals surface area (Å²) in [6.45, 7) is 9.28. The second kappa shape index (κ2) is 12.9. The van der Waals surface area contributed by atoms with E-state index in [0.717, 1.165) is 57.9 Å². The van der Waals surface area contributed by atoms with E-state index in [1.807, 2.05) is 37.3 Å². The lowest BCUT2D eigenvalue weighted by Crippen LogP contribution is -2.42. The van der Waals surface area contributed by atoms with E-state index in [4.69, 9.17) is 11.6 Å². The lowest BCUT2D eigenvalue weighted by atomic mass is 10.2. The second-order valence-corrected chi connectivity index (χ2v) is 10.8. The number of hydrogen-bond acceptors (Lipinski definition) is 5. The van der Waals surface area contributed by atoms with Crippen molar-refractivity contribution in [1.82, 2.24) is 9.21 Å². The molecule has 1 amide bonds. The van der Waals surface area contributed by atoms with Crippen LogP contribution in [-0.2, 0) is 4.79 Å². The maximum Gasteiger partial charge on any atom is 0.209 e. The first-order valence-corrected chi connectivity index (χ1v) is 13.0. The van der Waals surface area contributed by atoms with E-state index in [2.05, 4.69) is 54.6 Å². The van der Waals surface area contributed by atoms with Crippen LogP contribution in [0, 0.1) is 32.1 Å². The number of carbonyl (C=O) groups excluding carboxylic acids is 1. The van der Waals surface area contributed by atoms with Crippen LogP contribution in [0.5, 0.6) is 0 Å². The Labute approximate surface area is 216 Å². The molecule has 7 heteroatoms. The molecule has 0 spiro atoms. The molecule has 1 aliphatic rings. The van der Waals surface area contributed by atoms with Gasteiger partial charge >= 0.3 is 0 Å². The fraction of sp³-hybridized carbons (Fsp3) is 0.259. The van der Waals surface area contributed by atoms with Crippen LogP contribution < -0.4 is 0 Å². The fourth-order valence-corrected chi connectivity index (χ4v) is 5.83. The normalized spacial score (nSPS) is 13.6. The van der Waals surface area contributed by atoms with Gasteiger partial charge in [-0.3, -0.25) is 4.79 Å². The highest BCUT2D eigenvalue weighted by molar-refractivity contribution is 8.01. The van der Waals surface area contributed by atoms with Gasteiger partial charge in [0.1, 0.15) is 0 Å². The molecule has 1 heterocycles. The van der Waals surface area contributed by atoms with Crippen molar-refractivity contribution in [2.45, 2.75) is 35.5 Å². The molecule has 0 bridgehead atoms. The van der Waals surface area contributed by atoms with Crippen LogP contribution in [0.25, 0.3) is 0 Å². The van der Waals surface area contributed by atoms with Gasteiger partial charge in [0, 0.05) is 45.9 Å². The molecule has 3 aromatic carbocycles. The van der Waals surface area contributed by atoms with E-state index in [9.17, 15) is 10.1 Å². The Kier molecular flexibility index (Phi) is 9.91. The zero-order valence-corrected chi connectivity index (χ0v) is 22.0. The first-order chi connectivity index (χ1) is 16.4. The lowest BCUT2D eigenvalue weighted by Gasteiger charge is -2.31. The summed E-state index contributed by atoms with van der Waals surface area (Å²) in [5.41, 5.74) is 4.42. The van der Waals surface area contributed by atoms with Crippen LogP contribution in [0.3, 0.4) is 0 Å². The molecule has 0 unspecified atom stereocenters. The molecule has 4 rings (SSSR count). The van der Waals surface area contributed by atoms with E-state index < -0.39 is 0 Å². The maximum absolute atomic E-state index is 10.9. The van der Waals surface area contributed by atoms with Crippen LogP contribution in [0.2, 0.25) is 5.02 Å². The molecule has 0 radical (unpaired) electrons. The summed E-state index contributed by atoms with van der Waals surface area (Å²) < 4.78 is 2.24. The predicted octanol–water partition coefficient (Wildman–Crippen LogP) is 6.76. The van der Waals surface area contributed by atoms with Crippen LogP contribution in [0.15, 0.2) is 75.4 Å². The number of nitrogens with zero attached hydrogens (tertiary/aromatic N) is 3. The number of halogens is 1. The number of piperazine rings is 1. The van der Waals surface area contributed by atoms with Crippen molar-refractivity contribution in [3.05, 3.63) is 87.9 Å². The average Bonchev–Trinajstić information content (AvgIpc) is 2.82. The molecule has 0 aromatic heterocycles. The molecule has 4 nitrogen and oxygen atoms in total. The third kappa shape index (κ3) is 8.11. The molecule has 176 valence electrons. The van der Waals surface area contributed by atoms with Gasteiger partial charge in [-0.15, -0.1) is 0 Å². The summed E-state index contributed by atoms with van der Waals surface area (Å²) in [5, 5.41) is 9.97. The molecular formula is C27H28ClN3OS2. The Morgan fingerprint density at radius 3 is 2.06 bits per heavy atom. The molecule has 0 saturated carbocycles. The minimum Gasteiger partial charge on any atom is -0.343 e. The third-order valence-corrected chi connectivity index (χ3v) is 7.74. The SMILES string of the molecule is Cc1cc(Cl)cc(Sc2ccc(C#N)cc2SN2CCN(C=O)CC2)c1.Cc1ccc(C)cc1.